The van der Waals surface area contributed by atoms with Crippen LogP contribution in [0, 0.1) is 0 Å². The van der Waals surface area contributed by atoms with Gasteiger partial charge in [0.25, 0.3) is 0 Å². The Morgan fingerprint density at radius 1 is 1.44 bits per heavy atom. The van der Waals surface area contributed by atoms with E-state index in [-0.39, 0.29) is 16.5 Å². The zero-order valence-corrected chi connectivity index (χ0v) is 12.1. The molecule has 0 aliphatic carbocycles. The van der Waals surface area contributed by atoms with Gasteiger partial charge in [0.2, 0.25) is 10.0 Å². The monoisotopic (exact) mass is 292 g/mol. The highest BCUT2D eigenvalue weighted by atomic mass is 35.5. The number of benzene rings is 1. The minimum Gasteiger partial charge on any atom is -0.399 e. The molecule has 1 rings (SSSR count). The van der Waals surface area contributed by atoms with Crippen LogP contribution in [-0.2, 0) is 10.0 Å². The first-order valence-corrected chi connectivity index (χ1v) is 7.09. The molecule has 5 nitrogen and oxygen atoms in total. The molecule has 0 aromatic heterocycles. The summed E-state index contributed by atoms with van der Waals surface area (Å²) in [5.41, 5.74) is 5.00. The molecule has 0 radical (unpaired) electrons. The summed E-state index contributed by atoms with van der Waals surface area (Å²) in [6.45, 7) is 2.95. The highest BCUT2D eigenvalue weighted by molar-refractivity contribution is 7.89. The molecule has 0 fully saturated rings. The van der Waals surface area contributed by atoms with Gasteiger partial charge in [-0.15, -0.1) is 0 Å². The van der Waals surface area contributed by atoms with E-state index >= 15 is 0 Å². The van der Waals surface area contributed by atoms with Crippen molar-refractivity contribution in [3.05, 3.63) is 23.2 Å². The predicted molar refractivity (Wildman–Crippen MR) is 72.0 cm³/mol. The molecule has 0 aliphatic rings. The van der Waals surface area contributed by atoms with Crippen LogP contribution in [-0.4, -0.2) is 37.0 Å². The number of sulfonamides is 1. The van der Waals surface area contributed by atoms with Gasteiger partial charge in [-0.2, -0.15) is 4.31 Å². The molecule has 18 heavy (non-hydrogen) atoms. The lowest BCUT2D eigenvalue weighted by Crippen LogP contribution is -2.47. The smallest absolute Gasteiger partial charge is 0.244 e. The summed E-state index contributed by atoms with van der Waals surface area (Å²) in [5.74, 6) is 0. The van der Waals surface area contributed by atoms with Crippen LogP contribution in [0.2, 0.25) is 5.02 Å². The first-order valence-electron chi connectivity index (χ1n) is 5.28. The molecular formula is C11H17ClN2O3S. The predicted octanol–water partition coefficient (Wildman–Crippen LogP) is 1.31. The SMILES string of the molecule is CN(C(C)(C)CO)S(=O)(=O)c1ccc(N)cc1Cl. The fourth-order valence-electron chi connectivity index (χ4n) is 1.30. The van der Waals surface area contributed by atoms with Crippen molar-refractivity contribution in [3.8, 4) is 0 Å². The third-order valence-electron chi connectivity index (χ3n) is 2.83. The van der Waals surface area contributed by atoms with Gasteiger partial charge in [0.15, 0.2) is 0 Å². The van der Waals surface area contributed by atoms with Crippen molar-refractivity contribution in [2.75, 3.05) is 19.4 Å². The van der Waals surface area contributed by atoms with Crippen molar-refractivity contribution in [2.24, 2.45) is 0 Å². The van der Waals surface area contributed by atoms with Crippen LogP contribution >= 0.6 is 11.6 Å². The first kappa shape index (κ1) is 15.2. The Hall–Kier alpha value is -0.820. The van der Waals surface area contributed by atoms with E-state index in [1.54, 1.807) is 13.8 Å². The molecule has 0 saturated heterocycles. The van der Waals surface area contributed by atoms with Gasteiger partial charge < -0.3 is 10.8 Å². The van der Waals surface area contributed by atoms with Crippen LogP contribution < -0.4 is 5.73 Å². The number of likely N-dealkylation sites (N-methyl/N-ethyl adjacent to an activating group) is 1. The summed E-state index contributed by atoms with van der Waals surface area (Å²) in [6, 6.07) is 4.21. The molecule has 7 heteroatoms. The quantitative estimate of drug-likeness (QED) is 0.820. The van der Waals surface area contributed by atoms with Crippen LogP contribution in [0.25, 0.3) is 0 Å². The van der Waals surface area contributed by atoms with E-state index in [0.717, 1.165) is 4.31 Å². The Morgan fingerprint density at radius 3 is 2.44 bits per heavy atom. The average molecular weight is 293 g/mol. The van der Waals surface area contributed by atoms with Gasteiger partial charge in [0.1, 0.15) is 4.90 Å². The molecular weight excluding hydrogens is 276 g/mol. The zero-order valence-electron chi connectivity index (χ0n) is 10.5. The molecule has 3 N–H and O–H groups in total. The lowest BCUT2D eigenvalue weighted by atomic mass is 10.1. The van der Waals surface area contributed by atoms with Crippen LogP contribution in [0.4, 0.5) is 5.69 Å². The third kappa shape index (κ3) is 2.77. The maximum absolute atomic E-state index is 12.4. The molecule has 0 bridgehead atoms. The summed E-state index contributed by atoms with van der Waals surface area (Å²) in [4.78, 5) is -0.0256. The second-order valence-electron chi connectivity index (χ2n) is 4.63. The maximum atomic E-state index is 12.4. The van der Waals surface area contributed by atoms with Gasteiger partial charge in [-0.1, -0.05) is 11.6 Å². The number of rotatable bonds is 4. The van der Waals surface area contributed by atoms with E-state index in [9.17, 15) is 13.5 Å². The molecule has 0 unspecified atom stereocenters. The minimum absolute atomic E-state index is 0.0256. The molecule has 0 atom stereocenters. The first-order chi connectivity index (χ1) is 8.13. The average Bonchev–Trinajstić information content (AvgIpc) is 2.27. The van der Waals surface area contributed by atoms with Crippen molar-refractivity contribution in [1.29, 1.82) is 0 Å². The minimum atomic E-state index is -3.77. The van der Waals surface area contributed by atoms with Crippen LogP contribution in [0.1, 0.15) is 13.8 Å². The normalized spacial score (nSPS) is 13.0. The van der Waals surface area contributed by atoms with Crippen molar-refractivity contribution in [1.82, 2.24) is 4.31 Å². The highest BCUT2D eigenvalue weighted by Crippen LogP contribution is 2.29. The van der Waals surface area contributed by atoms with Gasteiger partial charge in [-0.05, 0) is 32.0 Å². The maximum Gasteiger partial charge on any atom is 0.244 e. The Balaban J connectivity index is 3.30. The van der Waals surface area contributed by atoms with Crippen LogP contribution in [0.15, 0.2) is 23.1 Å². The fourth-order valence-corrected chi connectivity index (χ4v) is 3.33. The standard InChI is InChI=1S/C11H17ClN2O3S/c1-11(2,7-15)14(3)18(16,17)10-5-4-8(13)6-9(10)12/h4-6,15H,7,13H2,1-3H3. The Kier molecular flexibility index (Phi) is 4.27. The zero-order chi connectivity index (χ0) is 14.1. The second kappa shape index (κ2) is 5.05. The van der Waals surface area contributed by atoms with E-state index in [1.807, 2.05) is 0 Å². The van der Waals surface area contributed by atoms with Crippen molar-refractivity contribution < 1.29 is 13.5 Å². The summed E-state index contributed by atoms with van der Waals surface area (Å²) in [5, 5.41) is 9.29. The summed E-state index contributed by atoms with van der Waals surface area (Å²) >= 11 is 5.90. The number of nitrogens with two attached hydrogens (primary N) is 1. The molecule has 0 aliphatic heterocycles. The summed E-state index contributed by atoms with van der Waals surface area (Å²) in [7, 11) is -2.37. The van der Waals surface area contributed by atoms with Gasteiger partial charge in [-0.25, -0.2) is 8.42 Å². The lowest BCUT2D eigenvalue weighted by Gasteiger charge is -2.33. The van der Waals surface area contributed by atoms with E-state index < -0.39 is 15.6 Å². The molecule has 102 valence electrons. The van der Waals surface area contributed by atoms with Gasteiger partial charge >= 0.3 is 0 Å². The molecule has 0 spiro atoms. The van der Waals surface area contributed by atoms with Gasteiger partial charge in [-0.3, -0.25) is 0 Å². The van der Waals surface area contributed by atoms with Crippen molar-refractivity contribution in [3.63, 3.8) is 0 Å². The molecule has 1 aromatic rings. The van der Waals surface area contributed by atoms with Crippen molar-refractivity contribution >= 4 is 27.3 Å². The van der Waals surface area contributed by atoms with Crippen molar-refractivity contribution in [2.45, 2.75) is 24.3 Å². The Bertz CT molecular complexity index is 543. The topological polar surface area (TPSA) is 83.6 Å². The van der Waals surface area contributed by atoms with E-state index in [1.165, 1.54) is 25.2 Å². The molecule has 1 aromatic carbocycles. The summed E-state index contributed by atoms with van der Waals surface area (Å²) < 4.78 is 25.8. The Labute approximate surface area is 112 Å². The number of hydrogen-bond donors (Lipinski definition) is 2. The molecule has 0 saturated carbocycles. The van der Waals surface area contributed by atoms with Crippen LogP contribution in [0.3, 0.4) is 0 Å². The number of nitrogen functional groups attached to an aromatic ring is 1. The van der Waals surface area contributed by atoms with E-state index in [2.05, 4.69) is 0 Å². The van der Waals surface area contributed by atoms with Crippen LogP contribution in [0.5, 0.6) is 0 Å². The van der Waals surface area contributed by atoms with E-state index in [4.69, 9.17) is 17.3 Å². The third-order valence-corrected chi connectivity index (χ3v) is 5.39. The van der Waals surface area contributed by atoms with E-state index in [0.29, 0.717) is 5.69 Å². The lowest BCUT2D eigenvalue weighted by molar-refractivity contribution is 0.138. The summed E-state index contributed by atoms with van der Waals surface area (Å²) in [6.07, 6.45) is 0. The molecule has 0 amide bonds. The number of aliphatic hydroxyl groups excluding tert-OH is 1. The Morgan fingerprint density at radius 2 is 2.00 bits per heavy atom. The number of nitrogens with zero attached hydrogens (tertiary/aromatic N) is 1. The number of anilines is 1. The second-order valence-corrected chi connectivity index (χ2v) is 6.98. The fraction of sp³-hybridized carbons (Fsp3) is 0.455. The number of aliphatic hydroxyl groups is 1. The number of halogens is 1. The highest BCUT2D eigenvalue weighted by Gasteiger charge is 2.34. The molecule has 0 heterocycles. The van der Waals surface area contributed by atoms with Gasteiger partial charge in [0, 0.05) is 12.7 Å². The van der Waals surface area contributed by atoms with Gasteiger partial charge in [0.05, 0.1) is 17.2 Å². The largest absolute Gasteiger partial charge is 0.399 e. The number of hydrogen-bond acceptors (Lipinski definition) is 4.